The van der Waals surface area contributed by atoms with Crippen molar-refractivity contribution in [2.24, 2.45) is 5.73 Å². The van der Waals surface area contributed by atoms with E-state index in [1.54, 1.807) is 0 Å². The Bertz CT molecular complexity index is 510. The van der Waals surface area contributed by atoms with E-state index in [4.69, 9.17) is 17.3 Å². The third-order valence-corrected chi connectivity index (χ3v) is 4.07. The van der Waals surface area contributed by atoms with Gasteiger partial charge in [-0.1, -0.05) is 11.6 Å². The first-order valence-electron chi connectivity index (χ1n) is 5.26. The van der Waals surface area contributed by atoms with E-state index in [-0.39, 0.29) is 17.3 Å². The van der Waals surface area contributed by atoms with Crippen LogP contribution < -0.4 is 10.5 Å². The largest absolute Gasteiger partial charge is 0.330 e. The Kier molecular flexibility index (Phi) is 5.33. The molecule has 0 fully saturated rings. The lowest BCUT2D eigenvalue weighted by atomic mass is 10.3. The zero-order valence-electron chi connectivity index (χ0n) is 9.86. The van der Waals surface area contributed by atoms with Gasteiger partial charge in [-0.15, -0.1) is 0 Å². The summed E-state index contributed by atoms with van der Waals surface area (Å²) in [5.74, 6) is -0.568. The van der Waals surface area contributed by atoms with E-state index in [0.717, 1.165) is 16.4 Å². The van der Waals surface area contributed by atoms with Gasteiger partial charge < -0.3 is 5.73 Å². The molecule has 0 aliphatic rings. The van der Waals surface area contributed by atoms with Crippen molar-refractivity contribution in [3.63, 3.8) is 0 Å². The number of rotatable bonds is 6. The molecule has 1 aromatic rings. The summed E-state index contributed by atoms with van der Waals surface area (Å²) in [6.45, 7) is 0.666. The SMILES string of the molecule is CN(CCCN)S(=O)(=O)Nc1cc(F)ccc1Cl. The second-order valence-electron chi connectivity index (χ2n) is 3.70. The highest BCUT2D eigenvalue weighted by atomic mass is 35.5. The smallest absolute Gasteiger partial charge is 0.301 e. The molecule has 1 rings (SSSR count). The van der Waals surface area contributed by atoms with Gasteiger partial charge in [0.05, 0.1) is 10.7 Å². The van der Waals surface area contributed by atoms with Crippen molar-refractivity contribution >= 4 is 27.5 Å². The molecular formula is C10H15ClFN3O2S. The number of benzene rings is 1. The van der Waals surface area contributed by atoms with Crippen molar-refractivity contribution in [2.75, 3.05) is 24.9 Å². The van der Waals surface area contributed by atoms with Gasteiger partial charge in [0.1, 0.15) is 5.82 Å². The average molecular weight is 296 g/mol. The van der Waals surface area contributed by atoms with Crippen LogP contribution >= 0.6 is 11.6 Å². The molecule has 18 heavy (non-hydrogen) atoms. The Morgan fingerprint density at radius 3 is 2.78 bits per heavy atom. The standard InChI is InChI=1S/C10H15ClFN3O2S/c1-15(6-2-5-13)18(16,17)14-10-7-8(12)3-4-9(10)11/h3-4,7,14H,2,5-6,13H2,1H3. The number of hydrogen-bond acceptors (Lipinski definition) is 3. The van der Waals surface area contributed by atoms with Gasteiger partial charge in [-0.05, 0) is 31.2 Å². The fourth-order valence-electron chi connectivity index (χ4n) is 1.23. The monoisotopic (exact) mass is 295 g/mol. The first-order chi connectivity index (χ1) is 8.36. The van der Waals surface area contributed by atoms with Gasteiger partial charge in [0.25, 0.3) is 0 Å². The number of anilines is 1. The maximum atomic E-state index is 13.0. The van der Waals surface area contributed by atoms with Crippen LogP contribution in [0.3, 0.4) is 0 Å². The molecule has 0 heterocycles. The van der Waals surface area contributed by atoms with Crippen LogP contribution in [-0.4, -0.2) is 32.9 Å². The Morgan fingerprint density at radius 2 is 2.17 bits per heavy atom. The summed E-state index contributed by atoms with van der Waals surface area (Å²) >= 11 is 5.78. The summed E-state index contributed by atoms with van der Waals surface area (Å²) in [6.07, 6.45) is 0.536. The van der Waals surface area contributed by atoms with Gasteiger partial charge >= 0.3 is 10.2 Å². The van der Waals surface area contributed by atoms with E-state index in [1.807, 2.05) is 0 Å². The normalized spacial score (nSPS) is 11.8. The lowest BCUT2D eigenvalue weighted by molar-refractivity contribution is 0.468. The van der Waals surface area contributed by atoms with Crippen LogP contribution in [0.15, 0.2) is 18.2 Å². The zero-order chi connectivity index (χ0) is 13.8. The highest BCUT2D eigenvalue weighted by Gasteiger charge is 2.18. The molecule has 0 aliphatic heterocycles. The summed E-state index contributed by atoms with van der Waals surface area (Å²) in [7, 11) is -2.34. The maximum Gasteiger partial charge on any atom is 0.301 e. The van der Waals surface area contributed by atoms with Gasteiger partial charge in [-0.2, -0.15) is 12.7 Å². The average Bonchev–Trinajstić information content (AvgIpc) is 2.30. The molecule has 3 N–H and O–H groups in total. The van der Waals surface area contributed by atoms with E-state index in [0.29, 0.717) is 13.0 Å². The number of halogens is 2. The first-order valence-corrected chi connectivity index (χ1v) is 7.08. The van der Waals surface area contributed by atoms with Gasteiger partial charge in [0, 0.05) is 13.6 Å². The van der Waals surface area contributed by atoms with E-state index in [9.17, 15) is 12.8 Å². The summed E-state index contributed by atoms with van der Waals surface area (Å²) in [5.41, 5.74) is 5.31. The third-order valence-electron chi connectivity index (χ3n) is 2.25. The Morgan fingerprint density at radius 1 is 1.50 bits per heavy atom. The topological polar surface area (TPSA) is 75.4 Å². The molecule has 102 valence electrons. The molecule has 0 saturated carbocycles. The molecule has 0 amide bonds. The molecule has 0 unspecified atom stereocenters. The first kappa shape index (κ1) is 15.2. The van der Waals surface area contributed by atoms with Crippen LogP contribution in [0.1, 0.15) is 6.42 Å². The second-order valence-corrected chi connectivity index (χ2v) is 5.88. The van der Waals surface area contributed by atoms with Crippen molar-refractivity contribution in [1.29, 1.82) is 0 Å². The van der Waals surface area contributed by atoms with Gasteiger partial charge in [-0.3, -0.25) is 4.72 Å². The molecule has 8 heteroatoms. The van der Waals surface area contributed by atoms with Crippen molar-refractivity contribution < 1.29 is 12.8 Å². The van der Waals surface area contributed by atoms with Crippen LogP contribution in [0, 0.1) is 5.82 Å². The molecule has 0 aromatic heterocycles. The van der Waals surface area contributed by atoms with Crippen molar-refractivity contribution in [2.45, 2.75) is 6.42 Å². The number of hydrogen-bond donors (Lipinski definition) is 2. The highest BCUT2D eigenvalue weighted by molar-refractivity contribution is 7.90. The predicted octanol–water partition coefficient (Wildman–Crippen LogP) is 1.42. The van der Waals surface area contributed by atoms with E-state index in [2.05, 4.69) is 4.72 Å². The molecule has 5 nitrogen and oxygen atoms in total. The van der Waals surface area contributed by atoms with Gasteiger partial charge in [-0.25, -0.2) is 4.39 Å². The Balaban J connectivity index is 2.85. The molecule has 1 aromatic carbocycles. The molecular weight excluding hydrogens is 281 g/mol. The van der Waals surface area contributed by atoms with E-state index in [1.165, 1.54) is 13.1 Å². The highest BCUT2D eigenvalue weighted by Crippen LogP contribution is 2.23. The van der Waals surface area contributed by atoms with Crippen LogP contribution in [0.25, 0.3) is 0 Å². The summed E-state index contributed by atoms with van der Waals surface area (Å²) < 4.78 is 40.0. The number of nitrogens with zero attached hydrogens (tertiary/aromatic N) is 1. The third kappa shape index (κ3) is 4.09. The minimum Gasteiger partial charge on any atom is -0.330 e. The van der Waals surface area contributed by atoms with Crippen molar-refractivity contribution in [1.82, 2.24) is 4.31 Å². The molecule has 0 bridgehead atoms. The summed E-state index contributed by atoms with van der Waals surface area (Å²) in [6, 6.07) is 3.46. The lowest BCUT2D eigenvalue weighted by Gasteiger charge is -2.18. The van der Waals surface area contributed by atoms with Crippen LogP contribution in [-0.2, 0) is 10.2 Å². The zero-order valence-corrected chi connectivity index (χ0v) is 11.4. The minimum atomic E-state index is -3.75. The second kappa shape index (κ2) is 6.33. The van der Waals surface area contributed by atoms with E-state index < -0.39 is 16.0 Å². The lowest BCUT2D eigenvalue weighted by Crippen LogP contribution is -2.34. The van der Waals surface area contributed by atoms with Crippen molar-refractivity contribution in [3.05, 3.63) is 29.0 Å². The van der Waals surface area contributed by atoms with Gasteiger partial charge in [0.15, 0.2) is 0 Å². The number of nitrogens with two attached hydrogens (primary N) is 1. The number of nitrogens with one attached hydrogen (secondary N) is 1. The molecule has 0 radical (unpaired) electrons. The minimum absolute atomic E-state index is 0.0104. The quantitative estimate of drug-likeness (QED) is 0.833. The fraction of sp³-hybridized carbons (Fsp3) is 0.400. The van der Waals surface area contributed by atoms with Gasteiger partial charge in [0.2, 0.25) is 0 Å². The Labute approximate surface area is 111 Å². The summed E-state index contributed by atoms with van der Waals surface area (Å²) in [4.78, 5) is 0. The molecule has 0 aliphatic carbocycles. The fourth-order valence-corrected chi connectivity index (χ4v) is 2.42. The van der Waals surface area contributed by atoms with Crippen LogP contribution in [0.5, 0.6) is 0 Å². The summed E-state index contributed by atoms with van der Waals surface area (Å²) in [5, 5.41) is 0.132. The van der Waals surface area contributed by atoms with E-state index >= 15 is 0 Å². The molecule has 0 spiro atoms. The predicted molar refractivity (Wildman–Crippen MR) is 70.3 cm³/mol. The maximum absolute atomic E-state index is 13.0. The van der Waals surface area contributed by atoms with Crippen LogP contribution in [0.4, 0.5) is 10.1 Å². The molecule has 0 atom stereocenters. The Hall–Kier alpha value is -0.890. The van der Waals surface area contributed by atoms with Crippen molar-refractivity contribution in [3.8, 4) is 0 Å². The molecule has 0 saturated heterocycles. The van der Waals surface area contributed by atoms with Crippen LogP contribution in [0.2, 0.25) is 5.02 Å².